The standard InChI is InChI=1S/C21H25ClN2O7S/c1-13-7-8-14(10-15(13)21(25)23-31-20-6-4-5-9-30-20)32(26,27)24-17-11-16(22)18(28-2)12-19(17)29-3/h7-8,10-12,20,24H,4-6,9H2,1-3H3,(H,23,25). The number of hydrogen-bond acceptors (Lipinski definition) is 7. The molecule has 0 spiro atoms. The normalized spacial score (nSPS) is 16.3. The average molecular weight is 485 g/mol. The van der Waals surface area contributed by atoms with E-state index in [1.165, 1.54) is 38.5 Å². The summed E-state index contributed by atoms with van der Waals surface area (Å²) in [6.07, 6.45) is 2.04. The summed E-state index contributed by atoms with van der Waals surface area (Å²) in [5.41, 5.74) is 3.21. The van der Waals surface area contributed by atoms with Gasteiger partial charge in [-0.1, -0.05) is 17.7 Å². The molecule has 0 saturated carbocycles. The van der Waals surface area contributed by atoms with Crippen LogP contribution in [0.4, 0.5) is 5.69 Å². The second kappa shape index (κ2) is 10.4. The SMILES string of the molecule is COc1cc(OC)c(NS(=O)(=O)c2ccc(C)c(C(=O)NOC3CCCCO3)c2)cc1Cl. The van der Waals surface area contributed by atoms with Gasteiger partial charge in [-0.05, 0) is 43.5 Å². The van der Waals surface area contributed by atoms with E-state index in [2.05, 4.69) is 10.2 Å². The number of halogens is 1. The Morgan fingerprint density at radius 3 is 2.53 bits per heavy atom. The quantitative estimate of drug-likeness (QED) is 0.550. The first-order valence-electron chi connectivity index (χ1n) is 9.87. The van der Waals surface area contributed by atoms with Gasteiger partial charge in [0, 0.05) is 24.7 Å². The summed E-state index contributed by atoms with van der Waals surface area (Å²) in [5, 5.41) is 0.206. The van der Waals surface area contributed by atoms with Crippen molar-refractivity contribution in [3.8, 4) is 11.5 Å². The molecule has 0 bridgehead atoms. The van der Waals surface area contributed by atoms with Gasteiger partial charge in [0.2, 0.25) is 0 Å². The highest BCUT2D eigenvalue weighted by atomic mass is 35.5. The molecule has 2 N–H and O–H groups in total. The number of sulfonamides is 1. The number of hydroxylamine groups is 1. The average Bonchev–Trinajstić information content (AvgIpc) is 2.78. The topological polar surface area (TPSA) is 112 Å². The molecular formula is C21H25ClN2O7S. The number of rotatable bonds is 8. The zero-order valence-electron chi connectivity index (χ0n) is 17.9. The lowest BCUT2D eigenvalue weighted by Gasteiger charge is -2.22. The lowest BCUT2D eigenvalue weighted by atomic mass is 10.1. The molecule has 1 fully saturated rings. The summed E-state index contributed by atoms with van der Waals surface area (Å²) in [7, 11) is -1.23. The number of anilines is 1. The number of nitrogens with one attached hydrogen (secondary N) is 2. The first-order valence-corrected chi connectivity index (χ1v) is 11.7. The predicted molar refractivity (Wildman–Crippen MR) is 119 cm³/mol. The van der Waals surface area contributed by atoms with Gasteiger partial charge in [-0.15, -0.1) is 0 Å². The third kappa shape index (κ3) is 5.63. The van der Waals surface area contributed by atoms with E-state index in [1.807, 2.05) is 0 Å². The molecule has 2 aromatic carbocycles. The van der Waals surface area contributed by atoms with Crippen molar-refractivity contribution in [2.45, 2.75) is 37.4 Å². The van der Waals surface area contributed by atoms with Crippen molar-refractivity contribution in [2.75, 3.05) is 25.5 Å². The number of benzene rings is 2. The third-order valence-corrected chi connectivity index (χ3v) is 6.56. The highest BCUT2D eigenvalue weighted by Crippen LogP contribution is 2.37. The molecule has 32 heavy (non-hydrogen) atoms. The van der Waals surface area contributed by atoms with Crippen LogP contribution in [0.3, 0.4) is 0 Å². The second-order valence-corrected chi connectivity index (χ2v) is 9.20. The van der Waals surface area contributed by atoms with Gasteiger partial charge in [-0.2, -0.15) is 0 Å². The maximum Gasteiger partial charge on any atom is 0.275 e. The van der Waals surface area contributed by atoms with Crippen molar-refractivity contribution in [3.63, 3.8) is 0 Å². The van der Waals surface area contributed by atoms with Crippen LogP contribution >= 0.6 is 11.6 Å². The van der Waals surface area contributed by atoms with Crippen LogP contribution in [0.1, 0.15) is 35.2 Å². The van der Waals surface area contributed by atoms with Crippen LogP contribution in [0, 0.1) is 6.92 Å². The molecule has 3 rings (SSSR count). The number of carbonyl (C=O) groups excluding carboxylic acids is 1. The molecule has 174 valence electrons. The minimum Gasteiger partial charge on any atom is -0.495 e. The summed E-state index contributed by atoms with van der Waals surface area (Å²) in [6, 6.07) is 7.07. The molecule has 1 atom stereocenters. The second-order valence-electron chi connectivity index (χ2n) is 7.11. The summed E-state index contributed by atoms with van der Waals surface area (Å²) < 4.78 is 44.2. The first kappa shape index (κ1) is 24.1. The molecular weight excluding hydrogens is 460 g/mol. The fraction of sp³-hybridized carbons (Fsp3) is 0.381. The summed E-state index contributed by atoms with van der Waals surface area (Å²) in [4.78, 5) is 17.8. The van der Waals surface area contributed by atoms with E-state index in [9.17, 15) is 13.2 Å². The lowest BCUT2D eigenvalue weighted by Crippen LogP contribution is -2.33. The molecule has 1 heterocycles. The number of amides is 1. The Bertz CT molecular complexity index is 1090. The van der Waals surface area contributed by atoms with Crippen molar-refractivity contribution >= 4 is 33.2 Å². The molecule has 1 amide bonds. The third-order valence-electron chi connectivity index (χ3n) is 4.90. The monoisotopic (exact) mass is 484 g/mol. The van der Waals surface area contributed by atoms with Crippen LogP contribution < -0.4 is 19.7 Å². The lowest BCUT2D eigenvalue weighted by molar-refractivity contribution is -0.186. The van der Waals surface area contributed by atoms with Crippen LogP contribution in [-0.4, -0.2) is 41.4 Å². The number of ether oxygens (including phenoxy) is 3. The van der Waals surface area contributed by atoms with E-state index in [0.717, 1.165) is 12.8 Å². The predicted octanol–water partition coefficient (Wildman–Crippen LogP) is 3.65. The highest BCUT2D eigenvalue weighted by molar-refractivity contribution is 7.92. The smallest absolute Gasteiger partial charge is 0.275 e. The molecule has 1 unspecified atom stereocenters. The van der Waals surface area contributed by atoms with Crippen molar-refractivity contribution in [3.05, 3.63) is 46.5 Å². The summed E-state index contributed by atoms with van der Waals surface area (Å²) >= 11 is 6.13. The van der Waals surface area contributed by atoms with Crippen LogP contribution in [0.15, 0.2) is 35.2 Å². The van der Waals surface area contributed by atoms with Crippen molar-refractivity contribution in [1.29, 1.82) is 0 Å². The molecule has 11 heteroatoms. The van der Waals surface area contributed by atoms with E-state index < -0.39 is 22.2 Å². The zero-order valence-corrected chi connectivity index (χ0v) is 19.5. The molecule has 0 radical (unpaired) electrons. The molecule has 0 aliphatic carbocycles. The van der Waals surface area contributed by atoms with E-state index in [4.69, 9.17) is 30.6 Å². The number of aryl methyl sites for hydroxylation is 1. The maximum absolute atomic E-state index is 13.0. The number of methoxy groups -OCH3 is 2. The number of hydrogen-bond donors (Lipinski definition) is 2. The van der Waals surface area contributed by atoms with Gasteiger partial charge < -0.3 is 14.2 Å². The van der Waals surface area contributed by atoms with Gasteiger partial charge in [0.05, 0.1) is 29.8 Å². The molecule has 9 nitrogen and oxygen atoms in total. The molecule has 1 aliphatic rings. The van der Waals surface area contributed by atoms with Crippen LogP contribution in [0.2, 0.25) is 5.02 Å². The van der Waals surface area contributed by atoms with Crippen molar-refractivity contribution in [1.82, 2.24) is 5.48 Å². The van der Waals surface area contributed by atoms with E-state index in [-0.39, 0.29) is 26.9 Å². The Morgan fingerprint density at radius 2 is 1.88 bits per heavy atom. The zero-order chi connectivity index (χ0) is 23.3. The van der Waals surface area contributed by atoms with Crippen molar-refractivity contribution < 1.29 is 32.3 Å². The Balaban J connectivity index is 1.81. The van der Waals surface area contributed by atoms with E-state index >= 15 is 0 Å². The van der Waals surface area contributed by atoms with E-state index in [1.54, 1.807) is 13.0 Å². The Kier molecular flexibility index (Phi) is 7.83. The van der Waals surface area contributed by atoms with E-state index in [0.29, 0.717) is 24.3 Å². The van der Waals surface area contributed by atoms with Gasteiger partial charge in [-0.25, -0.2) is 18.7 Å². The first-order chi connectivity index (χ1) is 15.2. The van der Waals surface area contributed by atoms with Crippen LogP contribution in [-0.2, 0) is 19.6 Å². The Labute approximate surface area is 192 Å². The fourth-order valence-corrected chi connectivity index (χ4v) is 4.46. The Hall–Kier alpha value is -2.53. The molecule has 1 aliphatic heterocycles. The Morgan fingerprint density at radius 1 is 1.12 bits per heavy atom. The van der Waals surface area contributed by atoms with Crippen molar-refractivity contribution in [2.24, 2.45) is 0 Å². The minimum absolute atomic E-state index is 0.115. The fourth-order valence-electron chi connectivity index (χ4n) is 3.13. The van der Waals surface area contributed by atoms with Gasteiger partial charge >= 0.3 is 0 Å². The molecule has 0 aromatic heterocycles. The van der Waals surface area contributed by atoms with Crippen LogP contribution in [0.25, 0.3) is 0 Å². The van der Waals surface area contributed by atoms with Gasteiger partial charge in [-0.3, -0.25) is 9.52 Å². The maximum atomic E-state index is 13.0. The highest BCUT2D eigenvalue weighted by Gasteiger charge is 2.22. The minimum atomic E-state index is -4.07. The van der Waals surface area contributed by atoms with Gasteiger partial charge in [0.15, 0.2) is 6.29 Å². The summed E-state index contributed by atoms with van der Waals surface area (Å²) in [6.45, 7) is 2.26. The largest absolute Gasteiger partial charge is 0.495 e. The summed E-state index contributed by atoms with van der Waals surface area (Å²) in [5.74, 6) is -0.0118. The van der Waals surface area contributed by atoms with Gasteiger partial charge in [0.25, 0.3) is 15.9 Å². The van der Waals surface area contributed by atoms with Gasteiger partial charge in [0.1, 0.15) is 11.5 Å². The molecule has 2 aromatic rings. The van der Waals surface area contributed by atoms with Crippen LogP contribution in [0.5, 0.6) is 11.5 Å². The number of carbonyl (C=O) groups is 1. The molecule has 1 saturated heterocycles.